The number of hydrogen-bond acceptors (Lipinski definition) is 1. The molecule has 0 saturated carbocycles. The fraction of sp³-hybridized carbons (Fsp3) is 0.200. The maximum absolute atomic E-state index is 13.9. The molecule has 19 heavy (non-hydrogen) atoms. The summed E-state index contributed by atoms with van der Waals surface area (Å²) in [5, 5.41) is 2.75. The molecule has 0 atom stereocenters. The summed E-state index contributed by atoms with van der Waals surface area (Å²) in [6, 6.07) is 15.0. The van der Waals surface area contributed by atoms with Crippen molar-refractivity contribution in [2.24, 2.45) is 0 Å². The highest BCUT2D eigenvalue weighted by Crippen LogP contribution is 2.28. The minimum Gasteiger partial charge on any atom is -0.379 e. The third-order valence-corrected chi connectivity index (χ3v) is 3.10. The van der Waals surface area contributed by atoms with Gasteiger partial charge in [-0.25, -0.2) is 0 Å². The van der Waals surface area contributed by atoms with Gasteiger partial charge >= 0.3 is 0 Å². The highest BCUT2D eigenvalue weighted by atomic mass is 35.5. The molecule has 0 fully saturated rings. The Labute approximate surface area is 116 Å². The zero-order chi connectivity index (χ0) is 13.7. The van der Waals surface area contributed by atoms with E-state index in [9.17, 15) is 8.78 Å². The first kappa shape index (κ1) is 13.8. The molecule has 0 aliphatic carbocycles. The first-order valence-corrected chi connectivity index (χ1v) is 6.47. The van der Waals surface area contributed by atoms with Gasteiger partial charge in [-0.15, -0.1) is 11.6 Å². The van der Waals surface area contributed by atoms with Crippen molar-refractivity contribution in [2.45, 2.75) is 11.8 Å². The smallest absolute Gasteiger partial charge is 0.290 e. The largest absolute Gasteiger partial charge is 0.379 e. The van der Waals surface area contributed by atoms with Crippen LogP contribution < -0.4 is 5.32 Å². The molecule has 100 valence electrons. The Balaban J connectivity index is 2.05. The second kappa shape index (κ2) is 6.02. The Hall–Kier alpha value is -1.61. The summed E-state index contributed by atoms with van der Waals surface area (Å²) in [7, 11) is 0. The van der Waals surface area contributed by atoms with E-state index in [1.807, 2.05) is 6.07 Å². The Kier molecular flexibility index (Phi) is 4.38. The van der Waals surface area contributed by atoms with E-state index in [1.165, 1.54) is 12.1 Å². The third kappa shape index (κ3) is 3.67. The lowest BCUT2D eigenvalue weighted by Gasteiger charge is -2.18. The molecule has 0 amide bonds. The number of anilines is 1. The van der Waals surface area contributed by atoms with Gasteiger partial charge in [0.05, 0.1) is 6.54 Å². The molecule has 0 unspecified atom stereocenters. The summed E-state index contributed by atoms with van der Waals surface area (Å²) in [6.45, 7) is -0.442. The fourth-order valence-electron chi connectivity index (χ4n) is 1.76. The Morgan fingerprint density at radius 3 is 2.42 bits per heavy atom. The Morgan fingerprint density at radius 2 is 1.74 bits per heavy atom. The van der Waals surface area contributed by atoms with Crippen molar-refractivity contribution in [3.05, 3.63) is 65.7 Å². The topological polar surface area (TPSA) is 12.0 Å². The van der Waals surface area contributed by atoms with Crippen LogP contribution in [0.3, 0.4) is 0 Å². The molecule has 0 aliphatic rings. The monoisotopic (exact) mass is 281 g/mol. The van der Waals surface area contributed by atoms with Crippen LogP contribution in [0.1, 0.15) is 11.1 Å². The van der Waals surface area contributed by atoms with Crippen LogP contribution in [-0.2, 0) is 11.8 Å². The van der Waals surface area contributed by atoms with E-state index in [0.29, 0.717) is 11.6 Å². The molecule has 0 radical (unpaired) electrons. The molecular weight excluding hydrogens is 268 g/mol. The van der Waals surface area contributed by atoms with Crippen LogP contribution in [0.15, 0.2) is 54.6 Å². The van der Waals surface area contributed by atoms with Gasteiger partial charge in [0.2, 0.25) is 0 Å². The van der Waals surface area contributed by atoms with Crippen molar-refractivity contribution in [3.8, 4) is 0 Å². The van der Waals surface area contributed by atoms with Gasteiger partial charge in [-0.3, -0.25) is 0 Å². The number of halogens is 3. The highest BCUT2D eigenvalue weighted by molar-refractivity contribution is 6.17. The minimum atomic E-state index is -2.90. The maximum atomic E-state index is 13.9. The highest BCUT2D eigenvalue weighted by Gasteiger charge is 2.30. The molecule has 0 aromatic heterocycles. The first-order chi connectivity index (χ1) is 9.12. The van der Waals surface area contributed by atoms with E-state index < -0.39 is 12.5 Å². The molecule has 1 nitrogen and oxygen atoms in total. The average molecular weight is 282 g/mol. The van der Waals surface area contributed by atoms with Crippen molar-refractivity contribution >= 4 is 17.3 Å². The molecule has 2 aromatic carbocycles. The van der Waals surface area contributed by atoms with E-state index >= 15 is 0 Å². The zero-order valence-corrected chi connectivity index (χ0v) is 11.0. The zero-order valence-electron chi connectivity index (χ0n) is 10.2. The van der Waals surface area contributed by atoms with Gasteiger partial charge in [-0.1, -0.05) is 42.5 Å². The summed E-state index contributed by atoms with van der Waals surface area (Å²) < 4.78 is 27.9. The van der Waals surface area contributed by atoms with Crippen molar-refractivity contribution in [1.29, 1.82) is 0 Å². The lowest BCUT2D eigenvalue weighted by Crippen LogP contribution is -2.24. The number of nitrogens with one attached hydrogen (secondary N) is 1. The fourth-order valence-corrected chi connectivity index (χ4v) is 1.93. The molecule has 2 rings (SSSR count). The molecule has 1 N–H and O–H groups in total. The van der Waals surface area contributed by atoms with E-state index in [0.717, 1.165) is 5.56 Å². The van der Waals surface area contributed by atoms with Crippen molar-refractivity contribution < 1.29 is 8.78 Å². The van der Waals surface area contributed by atoms with E-state index in [2.05, 4.69) is 5.32 Å². The van der Waals surface area contributed by atoms with Crippen LogP contribution in [0.4, 0.5) is 14.5 Å². The van der Waals surface area contributed by atoms with Gasteiger partial charge in [0.1, 0.15) is 0 Å². The first-order valence-electron chi connectivity index (χ1n) is 5.94. The van der Waals surface area contributed by atoms with Crippen LogP contribution in [0, 0.1) is 0 Å². The molecule has 0 saturated heterocycles. The normalized spacial score (nSPS) is 11.3. The summed E-state index contributed by atoms with van der Waals surface area (Å²) in [6.07, 6.45) is 0. The van der Waals surface area contributed by atoms with Crippen molar-refractivity contribution in [3.63, 3.8) is 0 Å². The minimum absolute atomic E-state index is 0.0102. The van der Waals surface area contributed by atoms with Gasteiger partial charge in [0.25, 0.3) is 5.92 Å². The third-order valence-electron chi connectivity index (χ3n) is 2.79. The summed E-state index contributed by atoms with van der Waals surface area (Å²) in [5.74, 6) is -2.54. The second-order valence-corrected chi connectivity index (χ2v) is 4.53. The SMILES string of the molecule is FC(F)(CNc1cccc(CCl)c1)c1ccccc1. The summed E-state index contributed by atoms with van der Waals surface area (Å²) in [4.78, 5) is 0. The van der Waals surface area contributed by atoms with Crippen molar-refractivity contribution in [1.82, 2.24) is 0 Å². The number of alkyl halides is 3. The van der Waals surface area contributed by atoms with Crippen LogP contribution in [0.5, 0.6) is 0 Å². The molecule has 0 aliphatic heterocycles. The summed E-state index contributed by atoms with van der Waals surface area (Å²) in [5.41, 5.74) is 1.56. The average Bonchev–Trinajstić information content (AvgIpc) is 2.46. The lowest BCUT2D eigenvalue weighted by molar-refractivity contribution is 0.0106. The van der Waals surface area contributed by atoms with Crippen LogP contribution in [0.25, 0.3) is 0 Å². The van der Waals surface area contributed by atoms with Gasteiger partial charge < -0.3 is 5.32 Å². The van der Waals surface area contributed by atoms with E-state index in [4.69, 9.17) is 11.6 Å². The molecule has 0 heterocycles. The van der Waals surface area contributed by atoms with Gasteiger partial charge in [-0.2, -0.15) is 8.78 Å². The molecule has 2 aromatic rings. The van der Waals surface area contributed by atoms with Gasteiger partial charge in [0, 0.05) is 17.1 Å². The number of hydrogen-bond donors (Lipinski definition) is 1. The molecular formula is C15H14ClF2N. The number of benzene rings is 2. The number of rotatable bonds is 5. The summed E-state index contributed by atoms with van der Waals surface area (Å²) >= 11 is 5.71. The van der Waals surface area contributed by atoms with Crippen molar-refractivity contribution in [2.75, 3.05) is 11.9 Å². The van der Waals surface area contributed by atoms with Gasteiger partial charge in [-0.05, 0) is 17.7 Å². The maximum Gasteiger partial charge on any atom is 0.290 e. The Morgan fingerprint density at radius 1 is 1.00 bits per heavy atom. The van der Waals surface area contributed by atoms with E-state index in [-0.39, 0.29) is 5.56 Å². The quantitative estimate of drug-likeness (QED) is 0.788. The van der Waals surface area contributed by atoms with Gasteiger partial charge in [0.15, 0.2) is 0 Å². The van der Waals surface area contributed by atoms with Crippen LogP contribution >= 0.6 is 11.6 Å². The lowest BCUT2D eigenvalue weighted by atomic mass is 10.1. The Bertz CT molecular complexity index is 529. The molecule has 4 heteroatoms. The standard InChI is InChI=1S/C15H14ClF2N/c16-10-12-5-4-8-14(9-12)19-11-15(17,18)13-6-2-1-3-7-13/h1-9,19H,10-11H2. The predicted octanol–water partition coefficient (Wildman–Crippen LogP) is 4.63. The molecule has 0 spiro atoms. The van der Waals surface area contributed by atoms with Crippen LogP contribution in [-0.4, -0.2) is 6.54 Å². The van der Waals surface area contributed by atoms with Crippen LogP contribution in [0.2, 0.25) is 0 Å². The van der Waals surface area contributed by atoms with E-state index in [1.54, 1.807) is 36.4 Å². The second-order valence-electron chi connectivity index (χ2n) is 4.26. The predicted molar refractivity (Wildman–Crippen MR) is 74.8 cm³/mol. The molecule has 0 bridgehead atoms.